The number of hydrogen-bond donors (Lipinski definition) is 3. The number of carbonyl (C=O) groups is 2. The van der Waals surface area contributed by atoms with Crippen molar-refractivity contribution < 1.29 is 24.2 Å². The Hall–Kier alpha value is -2.95. The first-order valence-corrected chi connectivity index (χ1v) is 9.92. The van der Waals surface area contributed by atoms with E-state index in [4.69, 9.17) is 4.74 Å². The molecule has 168 valence electrons. The van der Waals surface area contributed by atoms with Crippen molar-refractivity contribution in [3.63, 3.8) is 0 Å². The summed E-state index contributed by atoms with van der Waals surface area (Å²) in [6, 6.07) is 9.59. The van der Waals surface area contributed by atoms with Gasteiger partial charge >= 0.3 is 6.09 Å². The molecule has 0 aliphatic carbocycles. The zero-order valence-electron chi connectivity index (χ0n) is 18.4. The highest BCUT2D eigenvalue weighted by Gasteiger charge is 2.45. The van der Waals surface area contributed by atoms with Crippen molar-refractivity contribution in [2.45, 2.75) is 38.3 Å². The van der Waals surface area contributed by atoms with Gasteiger partial charge in [-0.05, 0) is 33.5 Å². The van der Waals surface area contributed by atoms with E-state index in [1.807, 2.05) is 63.2 Å². The van der Waals surface area contributed by atoms with Gasteiger partial charge in [0.25, 0.3) is 5.91 Å². The van der Waals surface area contributed by atoms with Gasteiger partial charge in [-0.25, -0.2) is 4.79 Å². The van der Waals surface area contributed by atoms with E-state index in [1.165, 1.54) is 7.11 Å². The Kier molecular flexibility index (Phi) is 6.63. The van der Waals surface area contributed by atoms with E-state index in [0.29, 0.717) is 17.8 Å². The molecule has 2 aromatic rings. The number of aromatic amines is 1. The lowest BCUT2D eigenvalue weighted by molar-refractivity contribution is -0.146. The van der Waals surface area contributed by atoms with Crippen LogP contribution in [-0.2, 0) is 26.4 Å². The molecule has 0 bridgehead atoms. The van der Waals surface area contributed by atoms with Crippen LogP contribution in [0.25, 0.3) is 0 Å². The summed E-state index contributed by atoms with van der Waals surface area (Å²) < 4.78 is 10.5. The second-order valence-electron chi connectivity index (χ2n) is 8.19. The minimum absolute atomic E-state index is 0.194. The molecule has 0 saturated carbocycles. The average molecular weight is 431 g/mol. The summed E-state index contributed by atoms with van der Waals surface area (Å²) >= 11 is 0. The molecular weight excluding hydrogens is 402 g/mol. The van der Waals surface area contributed by atoms with Crippen LogP contribution >= 0.6 is 0 Å². The van der Waals surface area contributed by atoms with Crippen LogP contribution in [-0.4, -0.2) is 71.1 Å². The fourth-order valence-electron chi connectivity index (χ4n) is 3.59. The Morgan fingerprint density at radius 3 is 2.61 bits per heavy atom. The smallest absolute Gasteiger partial charge is 0.411 e. The van der Waals surface area contributed by atoms with Gasteiger partial charge < -0.3 is 24.8 Å². The number of aliphatic hydroxyl groups is 1. The Morgan fingerprint density at radius 1 is 1.32 bits per heavy atom. The number of aliphatic hydroxyl groups excluding tert-OH is 1. The van der Waals surface area contributed by atoms with E-state index < -0.39 is 29.9 Å². The SMILES string of the molecule is COC(O)C(=O)Nc1n[nH]c2c1CN(C(=O)O[C@H](CN(C)C)c1ccccc1)C2(C)C. The van der Waals surface area contributed by atoms with Crippen LogP contribution in [0, 0.1) is 0 Å². The summed E-state index contributed by atoms with van der Waals surface area (Å²) in [4.78, 5) is 28.7. The molecule has 1 aliphatic rings. The average Bonchev–Trinajstić information content (AvgIpc) is 3.25. The molecule has 3 N–H and O–H groups in total. The van der Waals surface area contributed by atoms with Crippen molar-refractivity contribution in [2.24, 2.45) is 0 Å². The second-order valence-corrected chi connectivity index (χ2v) is 8.19. The molecule has 1 aliphatic heterocycles. The Morgan fingerprint density at radius 2 is 2.00 bits per heavy atom. The lowest BCUT2D eigenvalue weighted by Gasteiger charge is -2.33. The van der Waals surface area contributed by atoms with Gasteiger partial charge in [0.1, 0.15) is 6.10 Å². The van der Waals surface area contributed by atoms with Crippen LogP contribution in [0.3, 0.4) is 0 Å². The first kappa shape index (κ1) is 22.7. The number of H-pyrrole nitrogens is 1. The maximum atomic E-state index is 13.2. The number of aromatic nitrogens is 2. The maximum Gasteiger partial charge on any atom is 0.411 e. The van der Waals surface area contributed by atoms with Crippen LogP contribution in [0.5, 0.6) is 0 Å². The summed E-state index contributed by atoms with van der Waals surface area (Å²) in [6.45, 7) is 4.47. The van der Waals surface area contributed by atoms with E-state index in [1.54, 1.807) is 4.90 Å². The van der Waals surface area contributed by atoms with Gasteiger partial charge in [-0.1, -0.05) is 30.3 Å². The number of benzene rings is 1. The monoisotopic (exact) mass is 431 g/mol. The molecule has 2 heterocycles. The normalized spacial score (nSPS) is 16.7. The van der Waals surface area contributed by atoms with Crippen molar-refractivity contribution in [1.29, 1.82) is 0 Å². The first-order valence-electron chi connectivity index (χ1n) is 9.92. The Labute approximate surface area is 181 Å². The minimum atomic E-state index is -1.61. The predicted molar refractivity (Wildman–Crippen MR) is 113 cm³/mol. The third-order valence-electron chi connectivity index (χ3n) is 5.32. The quantitative estimate of drug-likeness (QED) is 0.572. The van der Waals surface area contributed by atoms with Gasteiger partial charge in [0.05, 0.1) is 17.8 Å². The van der Waals surface area contributed by atoms with Gasteiger partial charge in [0.15, 0.2) is 5.82 Å². The van der Waals surface area contributed by atoms with E-state index in [-0.39, 0.29) is 12.4 Å². The molecule has 10 heteroatoms. The maximum absolute atomic E-state index is 13.2. The molecular formula is C21H29N5O5. The summed E-state index contributed by atoms with van der Waals surface area (Å²) in [5.74, 6) is -0.502. The Bertz CT molecular complexity index is 927. The zero-order valence-corrected chi connectivity index (χ0v) is 18.4. The zero-order chi connectivity index (χ0) is 22.8. The number of methoxy groups -OCH3 is 1. The summed E-state index contributed by atoms with van der Waals surface area (Å²) in [7, 11) is 5.06. The first-order chi connectivity index (χ1) is 14.6. The Balaban J connectivity index is 1.79. The molecule has 2 atom stereocenters. The number of likely N-dealkylation sites (N-methyl/N-ethyl adjacent to an activating group) is 1. The molecule has 2 amide bonds. The number of rotatable bonds is 7. The van der Waals surface area contributed by atoms with Gasteiger partial charge in [0.2, 0.25) is 6.29 Å². The molecule has 0 radical (unpaired) electrons. The fourth-order valence-corrected chi connectivity index (χ4v) is 3.59. The molecule has 3 rings (SSSR count). The fraction of sp³-hybridized carbons (Fsp3) is 0.476. The molecule has 0 saturated heterocycles. The molecule has 0 fully saturated rings. The van der Waals surface area contributed by atoms with Crippen LogP contribution < -0.4 is 5.32 Å². The number of hydrogen-bond acceptors (Lipinski definition) is 7. The summed E-state index contributed by atoms with van der Waals surface area (Å²) in [5.41, 5.74) is 1.52. The van der Waals surface area contributed by atoms with Crippen molar-refractivity contribution in [3.8, 4) is 0 Å². The standard InChI is InChI=1S/C21H29N5O5/c1-21(2)16-14(17(24-23-16)22-18(27)19(28)30-5)11-26(21)20(29)31-15(12-25(3)4)13-9-7-6-8-10-13/h6-10,15,19,28H,11-12H2,1-5H3,(H2,22,23,24,27)/t15-,19?/m1/s1. The minimum Gasteiger partial charge on any atom is -0.440 e. The number of amides is 2. The summed E-state index contributed by atoms with van der Waals surface area (Å²) in [5, 5.41) is 19.1. The van der Waals surface area contributed by atoms with E-state index in [0.717, 1.165) is 5.56 Å². The second kappa shape index (κ2) is 9.04. The molecule has 10 nitrogen and oxygen atoms in total. The number of nitrogens with zero attached hydrogens (tertiary/aromatic N) is 3. The molecule has 0 spiro atoms. The molecule has 1 aromatic carbocycles. The molecule has 31 heavy (non-hydrogen) atoms. The van der Waals surface area contributed by atoms with Crippen LogP contribution in [0.4, 0.5) is 10.6 Å². The van der Waals surface area contributed by atoms with Crippen molar-refractivity contribution in [1.82, 2.24) is 20.0 Å². The lowest BCUT2D eigenvalue weighted by atomic mass is 10.0. The van der Waals surface area contributed by atoms with E-state index in [2.05, 4.69) is 20.3 Å². The third kappa shape index (κ3) is 4.71. The van der Waals surface area contributed by atoms with Gasteiger partial charge in [-0.2, -0.15) is 5.10 Å². The molecule has 1 unspecified atom stereocenters. The van der Waals surface area contributed by atoms with Crippen molar-refractivity contribution >= 4 is 17.8 Å². The lowest BCUT2D eigenvalue weighted by Crippen LogP contribution is -2.42. The highest BCUT2D eigenvalue weighted by atomic mass is 16.6. The van der Waals surface area contributed by atoms with Gasteiger partial charge in [0, 0.05) is 19.2 Å². The van der Waals surface area contributed by atoms with Crippen LogP contribution in [0.2, 0.25) is 0 Å². The van der Waals surface area contributed by atoms with Gasteiger partial charge in [-0.15, -0.1) is 0 Å². The number of fused-ring (bicyclic) bond motifs is 1. The summed E-state index contributed by atoms with van der Waals surface area (Å²) in [6.07, 6.45) is -2.52. The number of carbonyl (C=O) groups excluding carboxylic acids is 2. The van der Waals surface area contributed by atoms with Crippen molar-refractivity contribution in [2.75, 3.05) is 33.1 Å². The third-order valence-corrected chi connectivity index (χ3v) is 5.32. The number of anilines is 1. The van der Waals surface area contributed by atoms with Crippen LogP contribution in [0.1, 0.15) is 36.8 Å². The van der Waals surface area contributed by atoms with E-state index in [9.17, 15) is 14.7 Å². The highest BCUT2D eigenvalue weighted by Crippen LogP contribution is 2.41. The largest absolute Gasteiger partial charge is 0.440 e. The predicted octanol–water partition coefficient (Wildman–Crippen LogP) is 1.80. The van der Waals surface area contributed by atoms with Gasteiger partial charge in [-0.3, -0.25) is 14.8 Å². The van der Waals surface area contributed by atoms with E-state index >= 15 is 0 Å². The topological polar surface area (TPSA) is 120 Å². The highest BCUT2D eigenvalue weighted by molar-refractivity contribution is 5.93. The van der Waals surface area contributed by atoms with Crippen LogP contribution in [0.15, 0.2) is 30.3 Å². The number of ether oxygens (including phenoxy) is 2. The molecule has 1 aromatic heterocycles. The van der Waals surface area contributed by atoms with Crippen molar-refractivity contribution in [3.05, 3.63) is 47.2 Å². The number of nitrogens with one attached hydrogen (secondary N) is 2.